The molecular weight excluding hydrogens is 276 g/mol. The molecule has 1 aliphatic rings. The van der Waals surface area contributed by atoms with Gasteiger partial charge in [-0.1, -0.05) is 35.9 Å². The van der Waals surface area contributed by atoms with Gasteiger partial charge in [-0.25, -0.2) is 0 Å². The Morgan fingerprint density at radius 2 is 1.95 bits per heavy atom. The molecule has 0 radical (unpaired) electrons. The van der Waals surface area contributed by atoms with Crippen molar-refractivity contribution in [3.05, 3.63) is 71.2 Å². The van der Waals surface area contributed by atoms with Crippen LogP contribution in [0.25, 0.3) is 11.3 Å². The first-order valence-corrected chi connectivity index (χ1v) is 7.10. The highest BCUT2D eigenvalue weighted by molar-refractivity contribution is 6.00. The zero-order valence-corrected chi connectivity index (χ0v) is 12.0. The predicted octanol–water partition coefficient (Wildman–Crippen LogP) is 2.61. The summed E-state index contributed by atoms with van der Waals surface area (Å²) < 4.78 is 0. The molecule has 4 rings (SSSR count). The molecular formula is C17H14N4O. The van der Waals surface area contributed by atoms with E-state index in [9.17, 15) is 4.79 Å². The lowest BCUT2D eigenvalue weighted by Crippen LogP contribution is -2.21. The maximum Gasteiger partial charge on any atom is 0.270 e. The van der Waals surface area contributed by atoms with E-state index in [4.69, 9.17) is 0 Å². The van der Waals surface area contributed by atoms with Crippen molar-refractivity contribution in [1.82, 2.24) is 20.5 Å². The molecule has 2 N–H and O–H groups in total. The summed E-state index contributed by atoms with van der Waals surface area (Å²) in [6.07, 6.45) is 3.49. The Hall–Kier alpha value is -2.95. The van der Waals surface area contributed by atoms with Gasteiger partial charge in [-0.2, -0.15) is 5.10 Å². The van der Waals surface area contributed by atoms with Crippen molar-refractivity contribution >= 4 is 5.91 Å². The normalized spacial score (nSPS) is 16.4. The van der Waals surface area contributed by atoms with Crippen molar-refractivity contribution in [3.8, 4) is 11.3 Å². The van der Waals surface area contributed by atoms with E-state index in [-0.39, 0.29) is 11.9 Å². The standard InChI is InChI=1S/C17H14N4O/c1-10-4-6-11(7-5-10)15-13-14(12-3-2-8-18-9-12)19-17(22)16(13)21-20-15/h2-9,14H,1H3,(H,19,22)(H,20,21). The van der Waals surface area contributed by atoms with Gasteiger partial charge in [0.25, 0.3) is 5.91 Å². The predicted molar refractivity (Wildman–Crippen MR) is 82.3 cm³/mol. The van der Waals surface area contributed by atoms with Crippen LogP contribution in [0.4, 0.5) is 0 Å². The summed E-state index contributed by atoms with van der Waals surface area (Å²) >= 11 is 0. The van der Waals surface area contributed by atoms with Crippen LogP contribution in [0, 0.1) is 6.92 Å². The fourth-order valence-electron chi connectivity index (χ4n) is 2.81. The number of amides is 1. The van der Waals surface area contributed by atoms with Crippen molar-refractivity contribution in [1.29, 1.82) is 0 Å². The minimum absolute atomic E-state index is 0.130. The number of nitrogens with zero attached hydrogens (tertiary/aromatic N) is 2. The van der Waals surface area contributed by atoms with Crippen LogP contribution in [0.2, 0.25) is 0 Å². The molecule has 0 fully saturated rings. The fourth-order valence-corrected chi connectivity index (χ4v) is 2.81. The molecule has 0 bridgehead atoms. The van der Waals surface area contributed by atoms with Gasteiger partial charge in [0.1, 0.15) is 5.69 Å². The van der Waals surface area contributed by atoms with Gasteiger partial charge in [-0.3, -0.25) is 14.9 Å². The van der Waals surface area contributed by atoms with E-state index in [2.05, 4.69) is 20.5 Å². The number of benzene rings is 1. The van der Waals surface area contributed by atoms with E-state index in [0.717, 1.165) is 22.4 Å². The molecule has 2 aromatic heterocycles. The Balaban J connectivity index is 1.86. The highest BCUT2D eigenvalue weighted by atomic mass is 16.2. The highest BCUT2D eigenvalue weighted by Gasteiger charge is 2.35. The molecule has 108 valence electrons. The van der Waals surface area contributed by atoms with E-state index in [1.54, 1.807) is 12.4 Å². The average molecular weight is 290 g/mol. The minimum atomic E-state index is -0.216. The number of fused-ring (bicyclic) bond motifs is 1. The van der Waals surface area contributed by atoms with E-state index in [0.29, 0.717) is 5.69 Å². The Labute approximate surface area is 127 Å². The second-order valence-corrected chi connectivity index (χ2v) is 5.42. The molecule has 1 unspecified atom stereocenters. The SMILES string of the molecule is Cc1ccc(-c2n[nH]c3c2C(c2cccnc2)NC3=O)cc1. The largest absolute Gasteiger partial charge is 0.340 e. The van der Waals surface area contributed by atoms with Crippen LogP contribution < -0.4 is 5.32 Å². The lowest BCUT2D eigenvalue weighted by atomic mass is 9.97. The molecule has 0 saturated carbocycles. The minimum Gasteiger partial charge on any atom is -0.340 e. The third-order valence-electron chi connectivity index (χ3n) is 3.94. The Morgan fingerprint density at radius 1 is 1.14 bits per heavy atom. The molecule has 0 saturated heterocycles. The number of aromatic amines is 1. The number of aromatic nitrogens is 3. The number of nitrogens with one attached hydrogen (secondary N) is 2. The third kappa shape index (κ3) is 1.90. The highest BCUT2D eigenvalue weighted by Crippen LogP contribution is 2.36. The van der Waals surface area contributed by atoms with Gasteiger partial charge in [-0.05, 0) is 18.6 Å². The maximum absolute atomic E-state index is 12.1. The molecule has 1 aromatic carbocycles. The number of hydrogen-bond donors (Lipinski definition) is 2. The average Bonchev–Trinajstić information content (AvgIpc) is 3.11. The monoisotopic (exact) mass is 290 g/mol. The van der Waals surface area contributed by atoms with Gasteiger partial charge in [0.2, 0.25) is 0 Å². The lowest BCUT2D eigenvalue weighted by Gasteiger charge is -2.12. The molecule has 3 aromatic rings. The molecule has 0 aliphatic carbocycles. The molecule has 0 spiro atoms. The number of carbonyl (C=O) groups excluding carboxylic acids is 1. The smallest absolute Gasteiger partial charge is 0.270 e. The number of hydrogen-bond acceptors (Lipinski definition) is 3. The Morgan fingerprint density at radius 3 is 2.68 bits per heavy atom. The summed E-state index contributed by atoms with van der Waals surface area (Å²) in [4.78, 5) is 16.3. The van der Waals surface area contributed by atoms with Crippen molar-refractivity contribution in [2.45, 2.75) is 13.0 Å². The van der Waals surface area contributed by atoms with E-state index < -0.39 is 0 Å². The van der Waals surface area contributed by atoms with E-state index >= 15 is 0 Å². The van der Waals surface area contributed by atoms with Crippen LogP contribution in [-0.2, 0) is 0 Å². The van der Waals surface area contributed by atoms with Crippen molar-refractivity contribution in [2.24, 2.45) is 0 Å². The molecule has 1 amide bonds. The first-order valence-electron chi connectivity index (χ1n) is 7.10. The first-order chi connectivity index (χ1) is 10.7. The van der Waals surface area contributed by atoms with Gasteiger partial charge >= 0.3 is 0 Å². The van der Waals surface area contributed by atoms with E-state index in [1.807, 2.05) is 43.3 Å². The molecule has 22 heavy (non-hydrogen) atoms. The van der Waals surface area contributed by atoms with Gasteiger partial charge in [0.15, 0.2) is 0 Å². The van der Waals surface area contributed by atoms with Crippen LogP contribution in [0.1, 0.15) is 33.2 Å². The fraction of sp³-hybridized carbons (Fsp3) is 0.118. The summed E-state index contributed by atoms with van der Waals surface area (Å²) in [5.41, 5.74) is 5.36. The van der Waals surface area contributed by atoms with Crippen LogP contribution in [0.3, 0.4) is 0 Å². The summed E-state index contributed by atoms with van der Waals surface area (Å²) in [5, 5.41) is 10.2. The van der Waals surface area contributed by atoms with Crippen LogP contribution >= 0.6 is 0 Å². The molecule has 3 heterocycles. The van der Waals surface area contributed by atoms with Crippen molar-refractivity contribution < 1.29 is 4.79 Å². The van der Waals surface area contributed by atoms with Gasteiger partial charge in [0.05, 0.1) is 11.7 Å². The number of rotatable bonds is 2. The van der Waals surface area contributed by atoms with Crippen LogP contribution in [-0.4, -0.2) is 21.1 Å². The van der Waals surface area contributed by atoms with Crippen LogP contribution in [0.5, 0.6) is 0 Å². The van der Waals surface area contributed by atoms with Gasteiger partial charge < -0.3 is 5.32 Å². The first kappa shape index (κ1) is 12.8. The number of carbonyl (C=O) groups is 1. The summed E-state index contributed by atoms with van der Waals surface area (Å²) in [6, 6.07) is 11.7. The number of aryl methyl sites for hydroxylation is 1. The molecule has 1 aliphatic heterocycles. The molecule has 5 nitrogen and oxygen atoms in total. The second-order valence-electron chi connectivity index (χ2n) is 5.42. The molecule has 5 heteroatoms. The zero-order chi connectivity index (χ0) is 15.1. The van der Waals surface area contributed by atoms with Crippen molar-refractivity contribution in [3.63, 3.8) is 0 Å². The second kappa shape index (κ2) is 4.80. The lowest BCUT2D eigenvalue weighted by molar-refractivity contribution is 0.0955. The number of pyridine rings is 1. The molecule has 1 atom stereocenters. The Kier molecular flexibility index (Phi) is 2.79. The topological polar surface area (TPSA) is 70.7 Å². The van der Waals surface area contributed by atoms with Gasteiger partial charge in [-0.15, -0.1) is 0 Å². The van der Waals surface area contributed by atoms with Crippen LogP contribution in [0.15, 0.2) is 48.8 Å². The Bertz CT molecular complexity index is 837. The quantitative estimate of drug-likeness (QED) is 0.762. The summed E-state index contributed by atoms with van der Waals surface area (Å²) in [7, 11) is 0. The van der Waals surface area contributed by atoms with Crippen molar-refractivity contribution in [2.75, 3.05) is 0 Å². The van der Waals surface area contributed by atoms with Gasteiger partial charge in [0, 0.05) is 23.5 Å². The number of H-pyrrole nitrogens is 1. The van der Waals surface area contributed by atoms with E-state index in [1.165, 1.54) is 5.56 Å². The zero-order valence-electron chi connectivity index (χ0n) is 12.0. The third-order valence-corrected chi connectivity index (χ3v) is 3.94. The summed E-state index contributed by atoms with van der Waals surface area (Å²) in [6.45, 7) is 2.04. The maximum atomic E-state index is 12.1. The summed E-state index contributed by atoms with van der Waals surface area (Å²) in [5.74, 6) is -0.130.